The van der Waals surface area contributed by atoms with E-state index < -0.39 is 0 Å². The number of nitrogens with zero attached hydrogens (tertiary/aromatic N) is 3. The average molecular weight is 313 g/mol. The first kappa shape index (κ1) is 16.9. The van der Waals surface area contributed by atoms with Crippen molar-refractivity contribution in [3.63, 3.8) is 0 Å². The summed E-state index contributed by atoms with van der Waals surface area (Å²) < 4.78 is 0. The molecule has 6 nitrogen and oxygen atoms in total. The molecule has 2 rings (SSSR count). The first-order chi connectivity index (χ1) is 11.0. The number of carbonyl (C=O) groups excluding carboxylic acids is 1. The Bertz CT molecular complexity index is 640. The third kappa shape index (κ3) is 5.67. The topological polar surface area (TPSA) is 70.2 Å². The molecule has 0 unspecified atom stereocenters. The lowest BCUT2D eigenvalue weighted by atomic mass is 10.1. The lowest BCUT2D eigenvalue weighted by Gasteiger charge is -2.11. The van der Waals surface area contributed by atoms with Crippen LogP contribution >= 0.6 is 0 Å². The zero-order chi connectivity index (χ0) is 16.7. The summed E-state index contributed by atoms with van der Waals surface area (Å²) in [7, 11) is 4.11. The number of ketones is 1. The quantitative estimate of drug-likeness (QED) is 0.577. The van der Waals surface area contributed by atoms with E-state index in [-0.39, 0.29) is 5.78 Å². The van der Waals surface area contributed by atoms with Gasteiger partial charge in [0.05, 0.1) is 0 Å². The minimum Gasteiger partial charge on any atom is -0.354 e. The molecule has 0 aliphatic rings. The van der Waals surface area contributed by atoms with E-state index in [0.717, 1.165) is 25.2 Å². The number of Topliss-reactive ketones (excluding diaryl/α,β-unsaturated/α-hetero) is 1. The number of aromatic nitrogens is 2. The van der Waals surface area contributed by atoms with Crippen LogP contribution in [0, 0.1) is 0 Å². The minimum absolute atomic E-state index is 0.0581. The Morgan fingerprint density at radius 3 is 2.57 bits per heavy atom. The van der Waals surface area contributed by atoms with E-state index in [1.54, 1.807) is 25.3 Å². The summed E-state index contributed by atoms with van der Waals surface area (Å²) in [5.74, 6) is 1.38. The molecule has 0 aliphatic heterocycles. The van der Waals surface area contributed by atoms with Crippen molar-refractivity contribution in [1.82, 2.24) is 14.9 Å². The fourth-order valence-electron chi connectivity index (χ4n) is 2.05. The molecule has 1 heterocycles. The largest absolute Gasteiger partial charge is 0.354 e. The highest BCUT2D eigenvalue weighted by Crippen LogP contribution is 2.16. The number of rotatable bonds is 8. The van der Waals surface area contributed by atoms with Crippen LogP contribution in [0.5, 0.6) is 0 Å². The van der Waals surface area contributed by atoms with Crippen LogP contribution in [-0.4, -0.2) is 47.8 Å². The predicted molar refractivity (Wildman–Crippen MR) is 93.4 cm³/mol. The summed E-state index contributed by atoms with van der Waals surface area (Å²) in [5.41, 5.74) is 1.58. The van der Waals surface area contributed by atoms with Gasteiger partial charge in [-0.1, -0.05) is 0 Å². The van der Waals surface area contributed by atoms with Gasteiger partial charge in [-0.05, 0) is 64.3 Å². The van der Waals surface area contributed by atoms with Crippen LogP contribution in [0.3, 0.4) is 0 Å². The smallest absolute Gasteiger partial charge is 0.224 e. The third-order valence-electron chi connectivity index (χ3n) is 3.28. The molecule has 0 aliphatic carbocycles. The van der Waals surface area contributed by atoms with Gasteiger partial charge in [0.2, 0.25) is 5.95 Å². The van der Waals surface area contributed by atoms with Crippen molar-refractivity contribution in [2.45, 2.75) is 13.3 Å². The van der Waals surface area contributed by atoms with Crippen LogP contribution in [0.4, 0.5) is 17.5 Å². The lowest BCUT2D eigenvalue weighted by Crippen LogP contribution is -2.17. The number of hydrogen-bond donors (Lipinski definition) is 2. The fourth-order valence-corrected chi connectivity index (χ4v) is 2.05. The van der Waals surface area contributed by atoms with Crippen molar-refractivity contribution >= 4 is 23.2 Å². The molecule has 2 aromatic rings. The van der Waals surface area contributed by atoms with Crippen molar-refractivity contribution in [2.24, 2.45) is 0 Å². The van der Waals surface area contributed by atoms with Crippen LogP contribution in [0.1, 0.15) is 23.7 Å². The molecule has 6 heteroatoms. The summed E-state index contributed by atoms with van der Waals surface area (Å²) >= 11 is 0. The molecular weight excluding hydrogens is 290 g/mol. The van der Waals surface area contributed by atoms with E-state index in [0.29, 0.717) is 17.3 Å². The van der Waals surface area contributed by atoms with Crippen molar-refractivity contribution in [2.75, 3.05) is 37.8 Å². The van der Waals surface area contributed by atoms with Gasteiger partial charge in [0.15, 0.2) is 5.78 Å². The Morgan fingerprint density at radius 2 is 1.91 bits per heavy atom. The van der Waals surface area contributed by atoms with Crippen molar-refractivity contribution in [3.05, 3.63) is 42.1 Å². The van der Waals surface area contributed by atoms with Gasteiger partial charge in [-0.25, -0.2) is 4.98 Å². The van der Waals surface area contributed by atoms with Crippen LogP contribution < -0.4 is 10.6 Å². The second-order valence-corrected chi connectivity index (χ2v) is 5.61. The molecule has 1 aromatic heterocycles. The fraction of sp³-hybridized carbons (Fsp3) is 0.353. The summed E-state index contributed by atoms with van der Waals surface area (Å²) in [6, 6.07) is 9.13. The maximum atomic E-state index is 11.3. The second kappa shape index (κ2) is 8.24. The molecule has 0 saturated heterocycles. The lowest BCUT2D eigenvalue weighted by molar-refractivity contribution is 0.101. The Hall–Kier alpha value is -2.47. The van der Waals surface area contributed by atoms with Gasteiger partial charge in [-0.15, -0.1) is 0 Å². The van der Waals surface area contributed by atoms with E-state index >= 15 is 0 Å². The Balaban J connectivity index is 1.92. The summed E-state index contributed by atoms with van der Waals surface area (Å²) in [6.07, 6.45) is 2.74. The predicted octanol–water partition coefficient (Wildman–Crippen LogP) is 2.79. The first-order valence-electron chi connectivity index (χ1n) is 7.64. The van der Waals surface area contributed by atoms with Gasteiger partial charge in [0.1, 0.15) is 5.82 Å². The van der Waals surface area contributed by atoms with Crippen molar-refractivity contribution in [3.8, 4) is 0 Å². The highest BCUT2D eigenvalue weighted by molar-refractivity contribution is 5.94. The Kier molecular flexibility index (Phi) is 6.05. The highest BCUT2D eigenvalue weighted by Gasteiger charge is 2.02. The van der Waals surface area contributed by atoms with Crippen molar-refractivity contribution in [1.29, 1.82) is 0 Å². The number of nitrogens with one attached hydrogen (secondary N) is 2. The molecule has 0 bridgehead atoms. The molecule has 1 aromatic carbocycles. The average Bonchev–Trinajstić information content (AvgIpc) is 2.52. The van der Waals surface area contributed by atoms with Gasteiger partial charge >= 0.3 is 0 Å². The normalized spacial score (nSPS) is 10.6. The zero-order valence-corrected chi connectivity index (χ0v) is 13.8. The van der Waals surface area contributed by atoms with Gasteiger partial charge in [0, 0.05) is 24.0 Å². The number of anilines is 3. The molecule has 0 fully saturated rings. The monoisotopic (exact) mass is 313 g/mol. The van der Waals surface area contributed by atoms with E-state index in [1.165, 1.54) is 0 Å². The number of benzene rings is 1. The number of carbonyl (C=O) groups is 1. The molecule has 0 radical (unpaired) electrons. The zero-order valence-electron chi connectivity index (χ0n) is 13.8. The molecule has 0 spiro atoms. The molecular formula is C17H23N5O. The summed E-state index contributed by atoms with van der Waals surface area (Å²) in [6.45, 7) is 3.41. The molecule has 0 amide bonds. The van der Waals surface area contributed by atoms with E-state index in [2.05, 4.69) is 39.6 Å². The molecule has 0 saturated carbocycles. The van der Waals surface area contributed by atoms with Gasteiger partial charge in [-0.2, -0.15) is 4.98 Å². The van der Waals surface area contributed by atoms with Gasteiger partial charge in [-0.3, -0.25) is 4.79 Å². The van der Waals surface area contributed by atoms with Crippen LogP contribution in [0.25, 0.3) is 0 Å². The molecule has 2 N–H and O–H groups in total. The standard InChI is InChI=1S/C17H23N5O/c1-13(23)14-5-7-15(8-6-14)20-16-9-11-19-17(21-16)18-10-4-12-22(2)3/h5-9,11H,4,10,12H2,1-3H3,(H2,18,19,20,21). The highest BCUT2D eigenvalue weighted by atomic mass is 16.1. The molecule has 23 heavy (non-hydrogen) atoms. The van der Waals surface area contributed by atoms with Gasteiger partial charge in [0.25, 0.3) is 0 Å². The van der Waals surface area contributed by atoms with E-state index in [9.17, 15) is 4.79 Å². The Morgan fingerprint density at radius 1 is 1.17 bits per heavy atom. The van der Waals surface area contributed by atoms with E-state index in [1.807, 2.05) is 18.2 Å². The maximum Gasteiger partial charge on any atom is 0.224 e. The van der Waals surface area contributed by atoms with Crippen LogP contribution in [0.2, 0.25) is 0 Å². The summed E-state index contributed by atoms with van der Waals surface area (Å²) in [5, 5.41) is 6.43. The van der Waals surface area contributed by atoms with E-state index in [4.69, 9.17) is 0 Å². The second-order valence-electron chi connectivity index (χ2n) is 5.61. The van der Waals surface area contributed by atoms with Gasteiger partial charge < -0.3 is 15.5 Å². The molecule has 0 atom stereocenters. The molecule has 122 valence electrons. The number of hydrogen-bond acceptors (Lipinski definition) is 6. The third-order valence-corrected chi connectivity index (χ3v) is 3.28. The Labute approximate surface area is 137 Å². The maximum absolute atomic E-state index is 11.3. The van der Waals surface area contributed by atoms with Crippen LogP contribution in [0.15, 0.2) is 36.5 Å². The minimum atomic E-state index is 0.0581. The first-order valence-corrected chi connectivity index (χ1v) is 7.64. The van der Waals surface area contributed by atoms with Crippen LogP contribution in [-0.2, 0) is 0 Å². The summed E-state index contributed by atoms with van der Waals surface area (Å²) in [4.78, 5) is 22.1. The SMILES string of the molecule is CC(=O)c1ccc(Nc2ccnc(NCCCN(C)C)n2)cc1. The van der Waals surface area contributed by atoms with Crippen molar-refractivity contribution < 1.29 is 4.79 Å².